The van der Waals surface area contributed by atoms with Gasteiger partial charge in [0.25, 0.3) is 0 Å². The quantitative estimate of drug-likeness (QED) is 0.172. The zero-order valence-corrected chi connectivity index (χ0v) is 25.7. The Balaban J connectivity index is 1.54. The third kappa shape index (κ3) is 10.2. The number of hydrogen-bond donors (Lipinski definition) is 6. The van der Waals surface area contributed by atoms with Gasteiger partial charge in [-0.2, -0.15) is 0 Å². The van der Waals surface area contributed by atoms with Crippen LogP contribution in [0.25, 0.3) is 0 Å². The molecule has 1 aliphatic rings. The lowest BCUT2D eigenvalue weighted by Gasteiger charge is -2.31. The SMILES string of the molecule is CC(C)(C)OC(=O)N[C@@H](Cc1ccccc1)C(=O)N[C@@H](Cc1c[nH]cn1)C(=O)N[C@@H](CC1CCCCC1)[C@H](O)c1ncc[nH]1. The Morgan fingerprint density at radius 1 is 0.977 bits per heavy atom. The van der Waals surface area contributed by atoms with Crippen LogP contribution in [0.15, 0.2) is 55.2 Å². The van der Waals surface area contributed by atoms with Crippen molar-refractivity contribution in [2.75, 3.05) is 0 Å². The topological polar surface area (TPSA) is 174 Å². The van der Waals surface area contributed by atoms with E-state index in [-0.39, 0.29) is 12.8 Å². The van der Waals surface area contributed by atoms with Crippen LogP contribution in [0.3, 0.4) is 0 Å². The number of alkyl carbamates (subject to hydrolysis) is 1. The predicted octanol–water partition coefficient (Wildman–Crippen LogP) is 3.48. The fourth-order valence-electron chi connectivity index (χ4n) is 5.56. The van der Waals surface area contributed by atoms with E-state index in [1.165, 1.54) is 12.7 Å². The summed E-state index contributed by atoms with van der Waals surface area (Å²) in [6.45, 7) is 5.22. The molecule has 0 unspecified atom stereocenters. The number of aliphatic hydroxyl groups is 1. The first kappa shape index (κ1) is 32.7. The molecule has 3 aromatic rings. The lowest BCUT2D eigenvalue weighted by atomic mass is 9.83. The second-order valence-corrected chi connectivity index (χ2v) is 12.5. The predicted molar refractivity (Wildman–Crippen MR) is 164 cm³/mol. The smallest absolute Gasteiger partial charge is 0.408 e. The number of amides is 3. The Labute approximate surface area is 258 Å². The number of nitrogens with one attached hydrogen (secondary N) is 5. The molecule has 1 aliphatic carbocycles. The standard InChI is InChI=1S/C32H45N7O5/c1-32(2,3)44-31(43)39-25(17-22-12-8-5-9-13-22)29(41)38-26(18-23-19-33-20-36-23)30(42)37-24(16-21-10-6-4-7-11-21)27(40)28-34-14-15-35-28/h5,8-9,12-15,19-21,24-27,40H,4,6-7,10-11,16-18H2,1-3H3,(H,33,36)(H,34,35)(H,37,42)(H,38,41)(H,39,43)/t24-,25-,26-,27-/m0/s1. The van der Waals surface area contributed by atoms with Gasteiger partial charge in [0.1, 0.15) is 29.6 Å². The molecule has 4 atom stereocenters. The highest BCUT2D eigenvalue weighted by atomic mass is 16.6. The summed E-state index contributed by atoms with van der Waals surface area (Å²) < 4.78 is 5.42. The zero-order chi connectivity index (χ0) is 31.5. The minimum absolute atomic E-state index is 0.0958. The van der Waals surface area contributed by atoms with Crippen LogP contribution in [0.5, 0.6) is 0 Å². The summed E-state index contributed by atoms with van der Waals surface area (Å²) in [7, 11) is 0. The van der Waals surface area contributed by atoms with Gasteiger partial charge in [-0.15, -0.1) is 0 Å². The monoisotopic (exact) mass is 607 g/mol. The Kier molecular flexibility index (Phi) is 11.5. The van der Waals surface area contributed by atoms with E-state index in [4.69, 9.17) is 4.74 Å². The Morgan fingerprint density at radius 3 is 2.32 bits per heavy atom. The molecule has 44 heavy (non-hydrogen) atoms. The van der Waals surface area contributed by atoms with Gasteiger partial charge in [0.2, 0.25) is 11.8 Å². The van der Waals surface area contributed by atoms with Crippen molar-refractivity contribution >= 4 is 17.9 Å². The first-order chi connectivity index (χ1) is 21.1. The van der Waals surface area contributed by atoms with Crippen molar-refractivity contribution in [2.24, 2.45) is 5.92 Å². The third-order valence-corrected chi connectivity index (χ3v) is 7.71. The van der Waals surface area contributed by atoms with E-state index in [0.29, 0.717) is 23.9 Å². The fourth-order valence-corrected chi connectivity index (χ4v) is 5.56. The molecule has 12 nitrogen and oxygen atoms in total. The fraction of sp³-hybridized carbons (Fsp3) is 0.531. The zero-order valence-electron chi connectivity index (χ0n) is 25.7. The number of aromatic nitrogens is 4. The van der Waals surface area contributed by atoms with Crippen LogP contribution in [-0.4, -0.2) is 66.7 Å². The van der Waals surface area contributed by atoms with Gasteiger partial charge in [0, 0.05) is 31.4 Å². The van der Waals surface area contributed by atoms with Crippen molar-refractivity contribution in [3.05, 3.63) is 72.3 Å². The summed E-state index contributed by atoms with van der Waals surface area (Å²) in [4.78, 5) is 54.7. The Bertz CT molecular complexity index is 1300. The van der Waals surface area contributed by atoms with E-state index in [1.54, 1.807) is 39.4 Å². The van der Waals surface area contributed by atoms with Gasteiger partial charge in [0.05, 0.1) is 18.1 Å². The molecule has 1 saturated carbocycles. The van der Waals surface area contributed by atoms with Crippen LogP contribution in [0.2, 0.25) is 0 Å². The molecule has 1 aromatic carbocycles. The maximum atomic E-state index is 13.9. The molecule has 6 N–H and O–H groups in total. The summed E-state index contributed by atoms with van der Waals surface area (Å²) in [5, 5.41) is 19.8. The van der Waals surface area contributed by atoms with E-state index in [1.807, 2.05) is 30.3 Å². The highest BCUT2D eigenvalue weighted by Crippen LogP contribution is 2.30. The van der Waals surface area contributed by atoms with Gasteiger partial charge in [-0.1, -0.05) is 62.4 Å². The maximum absolute atomic E-state index is 13.9. The molecule has 0 bridgehead atoms. The lowest BCUT2D eigenvalue weighted by molar-refractivity contribution is -0.131. The van der Waals surface area contributed by atoms with Crippen molar-refractivity contribution in [1.82, 2.24) is 35.9 Å². The van der Waals surface area contributed by atoms with Gasteiger partial charge in [-0.25, -0.2) is 14.8 Å². The molecule has 0 saturated heterocycles. The number of ether oxygens (including phenoxy) is 1. The normalized spacial score (nSPS) is 16.7. The minimum atomic E-state index is -1.06. The number of benzene rings is 1. The number of rotatable bonds is 13. The van der Waals surface area contributed by atoms with Crippen molar-refractivity contribution < 1.29 is 24.2 Å². The molecular formula is C32H45N7O5. The highest BCUT2D eigenvalue weighted by Gasteiger charge is 2.33. The first-order valence-electron chi connectivity index (χ1n) is 15.4. The molecule has 2 heterocycles. The molecule has 0 aliphatic heterocycles. The third-order valence-electron chi connectivity index (χ3n) is 7.71. The summed E-state index contributed by atoms with van der Waals surface area (Å²) in [5.41, 5.74) is 0.634. The number of imidazole rings is 2. The second-order valence-electron chi connectivity index (χ2n) is 12.5. The molecule has 1 fully saturated rings. The summed E-state index contributed by atoms with van der Waals surface area (Å²) in [5.74, 6) is -0.302. The molecule has 12 heteroatoms. The second kappa shape index (κ2) is 15.5. The van der Waals surface area contributed by atoms with E-state index in [9.17, 15) is 19.5 Å². The van der Waals surface area contributed by atoms with Crippen LogP contribution in [0.1, 0.15) is 82.5 Å². The lowest BCUT2D eigenvalue weighted by Crippen LogP contribution is -2.57. The average molecular weight is 608 g/mol. The van der Waals surface area contributed by atoms with Crippen LogP contribution in [0.4, 0.5) is 4.79 Å². The summed E-state index contributed by atoms with van der Waals surface area (Å²) in [6.07, 6.45) is 10.9. The highest BCUT2D eigenvalue weighted by molar-refractivity contribution is 5.91. The number of hydrogen-bond acceptors (Lipinski definition) is 7. The summed E-state index contributed by atoms with van der Waals surface area (Å²) in [6, 6.07) is 6.59. The molecule has 3 amide bonds. The van der Waals surface area contributed by atoms with Crippen molar-refractivity contribution in [1.29, 1.82) is 0 Å². The van der Waals surface area contributed by atoms with Gasteiger partial charge < -0.3 is 35.8 Å². The number of carbonyl (C=O) groups excluding carboxylic acids is 3. The molecule has 0 spiro atoms. The number of nitrogens with zero attached hydrogens (tertiary/aromatic N) is 2. The van der Waals surface area contributed by atoms with Gasteiger partial charge >= 0.3 is 6.09 Å². The van der Waals surface area contributed by atoms with Crippen LogP contribution in [-0.2, 0) is 27.2 Å². The molecule has 4 rings (SSSR count). The van der Waals surface area contributed by atoms with Gasteiger partial charge in [0.15, 0.2) is 0 Å². The number of carbonyl (C=O) groups is 3. The molecule has 0 radical (unpaired) electrons. The van der Waals surface area contributed by atoms with E-state index in [2.05, 4.69) is 35.9 Å². The van der Waals surface area contributed by atoms with Crippen molar-refractivity contribution in [3.63, 3.8) is 0 Å². The first-order valence-corrected chi connectivity index (χ1v) is 15.4. The van der Waals surface area contributed by atoms with E-state index in [0.717, 1.165) is 31.2 Å². The maximum Gasteiger partial charge on any atom is 0.408 e. The van der Waals surface area contributed by atoms with Crippen molar-refractivity contribution in [2.45, 2.75) is 102 Å². The van der Waals surface area contributed by atoms with Gasteiger partial charge in [-0.05, 0) is 38.7 Å². The number of aromatic amines is 2. The number of aliphatic hydroxyl groups excluding tert-OH is 1. The molecule has 2 aromatic heterocycles. The average Bonchev–Trinajstić information content (AvgIpc) is 3.71. The molecular weight excluding hydrogens is 562 g/mol. The van der Waals surface area contributed by atoms with Gasteiger partial charge in [-0.3, -0.25) is 9.59 Å². The van der Waals surface area contributed by atoms with Crippen molar-refractivity contribution in [3.8, 4) is 0 Å². The number of H-pyrrole nitrogens is 2. The van der Waals surface area contributed by atoms with E-state index >= 15 is 0 Å². The largest absolute Gasteiger partial charge is 0.444 e. The Morgan fingerprint density at radius 2 is 1.68 bits per heavy atom. The summed E-state index contributed by atoms with van der Waals surface area (Å²) >= 11 is 0. The Hall–Kier alpha value is -4.19. The van der Waals surface area contributed by atoms with Crippen LogP contribution in [0, 0.1) is 5.92 Å². The van der Waals surface area contributed by atoms with E-state index < -0.39 is 47.7 Å². The molecule has 238 valence electrons. The van der Waals surface area contributed by atoms with Crippen LogP contribution < -0.4 is 16.0 Å². The van der Waals surface area contributed by atoms with Crippen LogP contribution >= 0.6 is 0 Å². The minimum Gasteiger partial charge on any atom is -0.444 e.